The summed E-state index contributed by atoms with van der Waals surface area (Å²) in [5.41, 5.74) is 2.54. The Hall–Kier alpha value is -2.28. The van der Waals surface area contributed by atoms with Gasteiger partial charge in [-0.05, 0) is 30.3 Å². The summed E-state index contributed by atoms with van der Waals surface area (Å²) >= 11 is 3.28. The van der Waals surface area contributed by atoms with Crippen LogP contribution in [0.1, 0.15) is 0 Å². The smallest absolute Gasteiger partial charge is 0.154 e. The molecule has 0 aliphatic heterocycles. The van der Waals surface area contributed by atoms with Crippen molar-refractivity contribution < 1.29 is 4.39 Å². The lowest BCUT2D eigenvalue weighted by Crippen LogP contribution is -1.96. The number of hydrogen-bond acceptors (Lipinski definition) is 3. The molecule has 0 saturated heterocycles. The quantitative estimate of drug-likeness (QED) is 0.582. The summed E-state index contributed by atoms with van der Waals surface area (Å²) in [5.74, 6) is -0.400. The monoisotopic (exact) mass is 331 g/mol. The summed E-state index contributed by atoms with van der Waals surface area (Å²) in [5, 5.41) is 15.8. The van der Waals surface area contributed by atoms with Gasteiger partial charge in [0, 0.05) is 9.86 Å². The lowest BCUT2D eigenvalue weighted by atomic mass is 10.2. The van der Waals surface area contributed by atoms with Gasteiger partial charge in [0.2, 0.25) is 0 Å². The molecule has 0 radical (unpaired) electrons. The fourth-order valence-corrected chi connectivity index (χ4v) is 2.62. The number of aromatic nitrogens is 5. The van der Waals surface area contributed by atoms with E-state index >= 15 is 0 Å². The predicted octanol–water partition coefficient (Wildman–Crippen LogP) is 3.20. The minimum atomic E-state index is -0.400. The highest BCUT2D eigenvalue weighted by Gasteiger charge is 2.12. The van der Waals surface area contributed by atoms with E-state index in [1.54, 1.807) is 16.9 Å². The Morgan fingerprint density at radius 2 is 2.10 bits per heavy atom. The third-order valence-electron chi connectivity index (χ3n) is 3.14. The van der Waals surface area contributed by atoms with E-state index in [0.717, 1.165) is 16.6 Å². The van der Waals surface area contributed by atoms with Crippen LogP contribution >= 0.6 is 15.9 Å². The van der Waals surface area contributed by atoms with Gasteiger partial charge >= 0.3 is 0 Å². The second kappa shape index (κ2) is 4.11. The number of halogens is 2. The molecule has 0 unspecified atom stereocenters. The lowest BCUT2D eigenvalue weighted by Gasteiger charge is -2.02. The molecule has 0 amide bonds. The van der Waals surface area contributed by atoms with Crippen molar-refractivity contribution in [1.82, 2.24) is 25.2 Å². The maximum Gasteiger partial charge on any atom is 0.154 e. The standard InChI is InChI=1S/C13H7BrFN5/c14-8-3-10(15)13-12(4-8)20(19-18-13)9-2-1-7-6-16-17-11(7)5-9/h1-6H,(H,16,17). The van der Waals surface area contributed by atoms with Crippen molar-refractivity contribution in [3.8, 4) is 5.69 Å². The van der Waals surface area contributed by atoms with Crippen LogP contribution in [-0.4, -0.2) is 25.2 Å². The molecule has 98 valence electrons. The Balaban J connectivity index is 2.01. The molecule has 20 heavy (non-hydrogen) atoms. The van der Waals surface area contributed by atoms with Crippen LogP contribution in [0.2, 0.25) is 0 Å². The SMILES string of the molecule is Fc1cc(Br)cc2c1nnn2-c1ccc2cn[nH]c2c1. The average molecular weight is 332 g/mol. The summed E-state index contributed by atoms with van der Waals surface area (Å²) in [6.45, 7) is 0. The lowest BCUT2D eigenvalue weighted by molar-refractivity contribution is 0.635. The Morgan fingerprint density at radius 3 is 3.00 bits per heavy atom. The van der Waals surface area contributed by atoms with Gasteiger partial charge in [-0.25, -0.2) is 9.07 Å². The number of aromatic amines is 1. The topological polar surface area (TPSA) is 59.4 Å². The fraction of sp³-hybridized carbons (Fsp3) is 0. The van der Waals surface area contributed by atoms with Crippen molar-refractivity contribution in [3.05, 3.63) is 46.8 Å². The number of H-pyrrole nitrogens is 1. The van der Waals surface area contributed by atoms with Crippen molar-refractivity contribution in [1.29, 1.82) is 0 Å². The number of nitrogens with one attached hydrogen (secondary N) is 1. The molecule has 5 nitrogen and oxygen atoms in total. The van der Waals surface area contributed by atoms with E-state index < -0.39 is 5.82 Å². The Labute approximate surface area is 120 Å². The average Bonchev–Trinajstić information content (AvgIpc) is 3.03. The van der Waals surface area contributed by atoms with E-state index in [1.807, 2.05) is 18.2 Å². The molecule has 2 heterocycles. The molecule has 0 spiro atoms. The van der Waals surface area contributed by atoms with Crippen molar-refractivity contribution in [3.63, 3.8) is 0 Å². The summed E-state index contributed by atoms with van der Waals surface area (Å²) in [6.07, 6.45) is 1.74. The zero-order valence-corrected chi connectivity index (χ0v) is 11.6. The van der Waals surface area contributed by atoms with Crippen LogP contribution in [0.15, 0.2) is 41.0 Å². The van der Waals surface area contributed by atoms with Gasteiger partial charge in [0.15, 0.2) is 5.82 Å². The summed E-state index contributed by atoms with van der Waals surface area (Å²) in [6, 6.07) is 8.88. The van der Waals surface area contributed by atoms with Crippen LogP contribution < -0.4 is 0 Å². The van der Waals surface area contributed by atoms with Crippen LogP contribution in [0.25, 0.3) is 27.6 Å². The van der Waals surface area contributed by atoms with Crippen LogP contribution in [0.3, 0.4) is 0 Å². The van der Waals surface area contributed by atoms with Crippen LogP contribution in [0.4, 0.5) is 4.39 Å². The number of hydrogen-bond donors (Lipinski definition) is 1. The molecular formula is C13H7BrFN5. The van der Waals surface area contributed by atoms with Gasteiger partial charge in [0.25, 0.3) is 0 Å². The number of fused-ring (bicyclic) bond motifs is 2. The Kier molecular flexibility index (Phi) is 2.37. The van der Waals surface area contributed by atoms with Gasteiger partial charge in [0.05, 0.1) is 22.9 Å². The second-order valence-electron chi connectivity index (χ2n) is 4.40. The molecule has 2 aromatic heterocycles. The highest BCUT2D eigenvalue weighted by atomic mass is 79.9. The number of nitrogens with zero attached hydrogens (tertiary/aromatic N) is 4. The van der Waals surface area contributed by atoms with Gasteiger partial charge in [-0.1, -0.05) is 21.1 Å². The van der Waals surface area contributed by atoms with Gasteiger partial charge in [-0.15, -0.1) is 5.10 Å². The van der Waals surface area contributed by atoms with Crippen molar-refractivity contribution in [2.45, 2.75) is 0 Å². The first-order valence-electron chi connectivity index (χ1n) is 5.86. The molecule has 0 saturated carbocycles. The predicted molar refractivity (Wildman–Crippen MR) is 76.2 cm³/mol. The molecule has 0 fully saturated rings. The van der Waals surface area contributed by atoms with E-state index in [1.165, 1.54) is 6.07 Å². The Bertz CT molecular complexity index is 942. The minimum Gasteiger partial charge on any atom is -0.278 e. The zero-order valence-electron chi connectivity index (χ0n) is 10.0. The molecule has 2 aromatic carbocycles. The fourth-order valence-electron chi connectivity index (χ4n) is 2.20. The molecular weight excluding hydrogens is 325 g/mol. The maximum absolute atomic E-state index is 13.8. The molecule has 4 aromatic rings. The molecule has 1 N–H and O–H groups in total. The van der Waals surface area contributed by atoms with Crippen molar-refractivity contribution in [2.75, 3.05) is 0 Å². The highest BCUT2D eigenvalue weighted by Crippen LogP contribution is 2.24. The van der Waals surface area contributed by atoms with Crippen LogP contribution in [-0.2, 0) is 0 Å². The van der Waals surface area contributed by atoms with Crippen molar-refractivity contribution in [2.24, 2.45) is 0 Å². The molecule has 0 aliphatic rings. The third-order valence-corrected chi connectivity index (χ3v) is 3.60. The summed E-state index contributed by atoms with van der Waals surface area (Å²) < 4.78 is 16.1. The van der Waals surface area contributed by atoms with Crippen LogP contribution in [0.5, 0.6) is 0 Å². The van der Waals surface area contributed by atoms with Gasteiger partial charge in [-0.3, -0.25) is 5.10 Å². The van der Waals surface area contributed by atoms with Crippen LogP contribution in [0, 0.1) is 5.82 Å². The molecule has 0 aliphatic carbocycles. The third kappa shape index (κ3) is 1.63. The van der Waals surface area contributed by atoms with E-state index in [9.17, 15) is 4.39 Å². The zero-order chi connectivity index (χ0) is 13.7. The van der Waals surface area contributed by atoms with Gasteiger partial charge in [-0.2, -0.15) is 5.10 Å². The molecule has 0 atom stereocenters. The van der Waals surface area contributed by atoms with Crippen molar-refractivity contribution >= 4 is 37.9 Å². The summed E-state index contributed by atoms with van der Waals surface area (Å²) in [7, 11) is 0. The first-order valence-corrected chi connectivity index (χ1v) is 6.65. The number of rotatable bonds is 1. The largest absolute Gasteiger partial charge is 0.278 e. The molecule has 0 bridgehead atoms. The maximum atomic E-state index is 13.8. The van der Waals surface area contributed by atoms with E-state index in [4.69, 9.17) is 0 Å². The number of benzene rings is 2. The van der Waals surface area contributed by atoms with Gasteiger partial charge in [0.1, 0.15) is 5.52 Å². The summed E-state index contributed by atoms with van der Waals surface area (Å²) in [4.78, 5) is 0. The minimum absolute atomic E-state index is 0.248. The first kappa shape index (κ1) is 11.5. The Morgan fingerprint density at radius 1 is 1.20 bits per heavy atom. The second-order valence-corrected chi connectivity index (χ2v) is 5.31. The van der Waals surface area contributed by atoms with Gasteiger partial charge < -0.3 is 0 Å². The highest BCUT2D eigenvalue weighted by molar-refractivity contribution is 9.10. The van der Waals surface area contributed by atoms with E-state index in [2.05, 4.69) is 36.4 Å². The molecule has 4 rings (SSSR count). The molecule has 7 heteroatoms. The first-order chi connectivity index (χ1) is 9.72. The van der Waals surface area contributed by atoms with E-state index in [0.29, 0.717) is 9.99 Å². The normalized spacial score (nSPS) is 11.5. The van der Waals surface area contributed by atoms with E-state index in [-0.39, 0.29) is 5.52 Å².